The number of carbonyl (C=O) groups is 1. The van der Waals surface area contributed by atoms with E-state index in [0.717, 1.165) is 11.1 Å². The van der Waals surface area contributed by atoms with Gasteiger partial charge in [0.15, 0.2) is 11.5 Å². The van der Waals surface area contributed by atoms with Gasteiger partial charge in [-0.1, -0.05) is 6.08 Å². The predicted molar refractivity (Wildman–Crippen MR) is 119 cm³/mol. The third-order valence-electron chi connectivity index (χ3n) is 5.62. The molecule has 2 heterocycles. The zero-order valence-corrected chi connectivity index (χ0v) is 18.6. The van der Waals surface area contributed by atoms with Crippen molar-refractivity contribution in [3.05, 3.63) is 51.6 Å². The van der Waals surface area contributed by atoms with Crippen molar-refractivity contribution in [2.24, 2.45) is 0 Å². The van der Waals surface area contributed by atoms with Gasteiger partial charge >= 0.3 is 0 Å². The summed E-state index contributed by atoms with van der Waals surface area (Å²) >= 11 is 0. The van der Waals surface area contributed by atoms with Crippen LogP contribution >= 0.6 is 0 Å². The Kier molecular flexibility index (Phi) is 6.25. The van der Waals surface area contributed by atoms with Gasteiger partial charge in [0.05, 0.1) is 37.9 Å². The van der Waals surface area contributed by atoms with Gasteiger partial charge in [0, 0.05) is 31.3 Å². The molecule has 0 aromatic heterocycles. The highest BCUT2D eigenvalue weighted by atomic mass is 16.6. The lowest BCUT2D eigenvalue weighted by Gasteiger charge is -2.28. The van der Waals surface area contributed by atoms with E-state index in [1.807, 2.05) is 6.08 Å². The molecular weight excluding hydrogens is 432 g/mol. The molecule has 0 aliphatic carbocycles. The zero-order chi connectivity index (χ0) is 23.5. The average Bonchev–Trinajstić information content (AvgIpc) is 2.86. The molecule has 0 spiro atoms. The first kappa shape index (κ1) is 22.3. The van der Waals surface area contributed by atoms with Crippen LogP contribution in [-0.4, -0.2) is 63.4 Å². The van der Waals surface area contributed by atoms with E-state index in [9.17, 15) is 14.9 Å². The number of ether oxygens (including phenoxy) is 5. The molecule has 174 valence electrons. The second-order valence-corrected chi connectivity index (χ2v) is 7.41. The van der Waals surface area contributed by atoms with Crippen LogP contribution in [-0.2, 0) is 0 Å². The molecule has 2 aliphatic heterocycles. The number of nitro benzene ring substituents is 1. The smallest absolute Gasteiger partial charge is 0.286 e. The van der Waals surface area contributed by atoms with E-state index in [1.54, 1.807) is 38.4 Å². The molecule has 2 aromatic rings. The third kappa shape index (κ3) is 4.23. The van der Waals surface area contributed by atoms with Gasteiger partial charge in [-0.3, -0.25) is 14.9 Å². The van der Waals surface area contributed by atoms with Gasteiger partial charge in [-0.15, -0.1) is 0 Å². The number of hydrogen-bond donors (Lipinski definition) is 0. The minimum absolute atomic E-state index is 0.0271. The van der Waals surface area contributed by atoms with Crippen molar-refractivity contribution in [2.75, 3.05) is 47.6 Å². The van der Waals surface area contributed by atoms with Crippen molar-refractivity contribution in [1.82, 2.24) is 4.90 Å². The Hall–Kier alpha value is -3.95. The fourth-order valence-corrected chi connectivity index (χ4v) is 3.97. The second kappa shape index (κ2) is 9.27. The van der Waals surface area contributed by atoms with E-state index in [-0.39, 0.29) is 23.5 Å². The highest BCUT2D eigenvalue weighted by molar-refractivity contribution is 5.99. The van der Waals surface area contributed by atoms with Crippen LogP contribution in [0.25, 0.3) is 5.57 Å². The largest absolute Gasteiger partial charge is 0.496 e. The lowest BCUT2D eigenvalue weighted by atomic mass is 9.96. The summed E-state index contributed by atoms with van der Waals surface area (Å²) in [5, 5.41) is 11.6. The molecule has 0 bridgehead atoms. The van der Waals surface area contributed by atoms with Crippen LogP contribution in [0.2, 0.25) is 0 Å². The Labute approximate surface area is 190 Å². The molecule has 0 saturated carbocycles. The van der Waals surface area contributed by atoms with Crippen LogP contribution in [0, 0.1) is 10.1 Å². The van der Waals surface area contributed by atoms with Crippen molar-refractivity contribution in [3.8, 4) is 28.7 Å². The first-order valence-corrected chi connectivity index (χ1v) is 10.3. The Morgan fingerprint density at radius 2 is 1.64 bits per heavy atom. The number of fused-ring (bicyclic) bond motifs is 1. The van der Waals surface area contributed by atoms with Crippen molar-refractivity contribution < 1.29 is 33.4 Å². The van der Waals surface area contributed by atoms with Gasteiger partial charge < -0.3 is 28.6 Å². The molecule has 10 nitrogen and oxygen atoms in total. The normalized spacial score (nSPS) is 14.9. The van der Waals surface area contributed by atoms with E-state index in [1.165, 1.54) is 12.1 Å². The molecule has 1 amide bonds. The topological polar surface area (TPSA) is 110 Å². The van der Waals surface area contributed by atoms with Gasteiger partial charge in [-0.2, -0.15) is 0 Å². The quantitative estimate of drug-likeness (QED) is 0.481. The summed E-state index contributed by atoms with van der Waals surface area (Å²) < 4.78 is 27.3. The summed E-state index contributed by atoms with van der Waals surface area (Å²) in [7, 11) is 4.70. The van der Waals surface area contributed by atoms with Gasteiger partial charge in [-0.05, 0) is 12.0 Å². The minimum Gasteiger partial charge on any atom is -0.496 e. The van der Waals surface area contributed by atoms with Gasteiger partial charge in [0.1, 0.15) is 36.0 Å². The maximum Gasteiger partial charge on any atom is 0.286 e. The van der Waals surface area contributed by atoms with Crippen LogP contribution in [0.4, 0.5) is 5.69 Å². The molecule has 4 rings (SSSR count). The second-order valence-electron chi connectivity index (χ2n) is 7.41. The third-order valence-corrected chi connectivity index (χ3v) is 5.62. The summed E-state index contributed by atoms with van der Waals surface area (Å²) in [5.41, 5.74) is 1.41. The molecule has 0 fully saturated rings. The number of amides is 1. The number of hydrogen-bond acceptors (Lipinski definition) is 8. The number of carbonyl (C=O) groups excluding carboxylic acids is 1. The molecule has 33 heavy (non-hydrogen) atoms. The highest BCUT2D eigenvalue weighted by Crippen LogP contribution is 2.41. The van der Waals surface area contributed by atoms with Gasteiger partial charge in [-0.25, -0.2) is 0 Å². The molecule has 0 unspecified atom stereocenters. The predicted octanol–water partition coefficient (Wildman–Crippen LogP) is 3.32. The van der Waals surface area contributed by atoms with Crippen LogP contribution in [0.15, 0.2) is 30.3 Å². The van der Waals surface area contributed by atoms with E-state index in [0.29, 0.717) is 49.2 Å². The first-order valence-electron chi connectivity index (χ1n) is 10.3. The van der Waals surface area contributed by atoms with E-state index in [4.69, 9.17) is 23.7 Å². The summed E-state index contributed by atoms with van der Waals surface area (Å²) in [6.45, 7) is 1.27. The molecule has 0 N–H and O–H groups in total. The lowest BCUT2D eigenvalue weighted by Crippen LogP contribution is -2.35. The van der Waals surface area contributed by atoms with Crippen molar-refractivity contribution in [3.63, 3.8) is 0 Å². The molecular formula is C23H24N2O8. The number of methoxy groups -OCH3 is 3. The lowest BCUT2D eigenvalue weighted by molar-refractivity contribution is -0.385. The Morgan fingerprint density at radius 3 is 2.15 bits per heavy atom. The zero-order valence-electron chi connectivity index (χ0n) is 18.6. The van der Waals surface area contributed by atoms with Crippen molar-refractivity contribution in [1.29, 1.82) is 0 Å². The molecule has 2 aliphatic rings. The molecule has 10 heteroatoms. The maximum atomic E-state index is 13.2. The van der Waals surface area contributed by atoms with Crippen LogP contribution in [0.3, 0.4) is 0 Å². The SMILES string of the molecule is COc1cc(OC)c(C2=CCN(C(=O)c3cc4c(cc3[N+](=O)[O-])OCCO4)CC2)c(OC)c1. The summed E-state index contributed by atoms with van der Waals surface area (Å²) in [4.78, 5) is 25.8. The monoisotopic (exact) mass is 456 g/mol. The van der Waals surface area contributed by atoms with Crippen molar-refractivity contribution in [2.45, 2.75) is 6.42 Å². The number of benzene rings is 2. The molecule has 0 saturated heterocycles. The van der Waals surface area contributed by atoms with Gasteiger partial charge in [0.25, 0.3) is 11.6 Å². The molecule has 0 atom stereocenters. The summed E-state index contributed by atoms with van der Waals surface area (Å²) in [5.74, 6) is 1.95. The molecule has 0 radical (unpaired) electrons. The Balaban J connectivity index is 1.63. The number of rotatable bonds is 6. The van der Waals surface area contributed by atoms with Crippen LogP contribution in [0.1, 0.15) is 22.3 Å². The van der Waals surface area contributed by atoms with Gasteiger partial charge in [0.2, 0.25) is 0 Å². The van der Waals surface area contributed by atoms with Crippen LogP contribution < -0.4 is 23.7 Å². The Bertz CT molecular complexity index is 1100. The highest BCUT2D eigenvalue weighted by Gasteiger charge is 2.30. The summed E-state index contributed by atoms with van der Waals surface area (Å²) in [6.07, 6.45) is 2.42. The minimum atomic E-state index is -0.580. The fourth-order valence-electron chi connectivity index (χ4n) is 3.97. The van der Waals surface area contributed by atoms with E-state index in [2.05, 4.69) is 0 Å². The number of nitro groups is 1. The summed E-state index contributed by atoms with van der Waals surface area (Å²) in [6, 6.07) is 6.19. The maximum absolute atomic E-state index is 13.2. The van der Waals surface area contributed by atoms with E-state index >= 15 is 0 Å². The first-order chi connectivity index (χ1) is 16.0. The molecule has 2 aromatic carbocycles. The Morgan fingerprint density at radius 1 is 1.00 bits per heavy atom. The fraction of sp³-hybridized carbons (Fsp3) is 0.348. The number of nitrogens with zero attached hydrogens (tertiary/aromatic N) is 2. The average molecular weight is 456 g/mol. The standard InChI is InChI=1S/C23H24N2O8/c1-29-15-10-20(30-2)22(21(11-15)31-3)14-4-6-24(7-5-14)23(26)16-12-18-19(33-9-8-32-18)13-17(16)25(27)28/h4,10-13H,5-9H2,1-3H3. The van der Waals surface area contributed by atoms with Crippen LogP contribution in [0.5, 0.6) is 28.7 Å². The van der Waals surface area contributed by atoms with E-state index < -0.39 is 10.8 Å². The van der Waals surface area contributed by atoms with Crippen molar-refractivity contribution >= 4 is 17.2 Å².